The third-order valence-corrected chi connectivity index (χ3v) is 6.66. The van der Waals surface area contributed by atoms with Gasteiger partial charge in [0.05, 0.1) is 0 Å². The van der Waals surface area contributed by atoms with Gasteiger partial charge in [-0.2, -0.15) is 0 Å². The molecule has 5 heteroatoms. The van der Waals surface area contributed by atoms with Crippen LogP contribution in [0.15, 0.2) is 18.2 Å². The maximum Gasteiger partial charge on any atom is 0.231 e. The van der Waals surface area contributed by atoms with Crippen molar-refractivity contribution in [3.05, 3.63) is 23.8 Å². The van der Waals surface area contributed by atoms with E-state index in [9.17, 15) is 4.79 Å². The second kappa shape index (κ2) is 9.17. The van der Waals surface area contributed by atoms with Gasteiger partial charge in [-0.05, 0) is 56.5 Å². The minimum absolute atomic E-state index is 0.202. The molecule has 3 aliphatic rings. The highest BCUT2D eigenvalue weighted by atomic mass is 16.7. The van der Waals surface area contributed by atoms with Gasteiger partial charge in [0, 0.05) is 25.0 Å². The number of benzene rings is 1. The average molecular weight is 387 g/mol. The predicted molar refractivity (Wildman–Crippen MR) is 109 cm³/mol. The molecule has 1 atom stereocenters. The van der Waals surface area contributed by atoms with E-state index in [0.29, 0.717) is 18.5 Å². The van der Waals surface area contributed by atoms with Gasteiger partial charge in [0.15, 0.2) is 11.5 Å². The standard InChI is InChI=1S/C23H34N2O3/c1-2-24-13-7-10-20(24)16-25(23(26)19-8-5-3-4-6-9-19)15-18-11-12-21-22(14-18)28-17-27-21/h11-12,14,19-20H,2-10,13,15-17H2,1H3/t20-/m0/s1. The molecule has 1 aromatic rings. The fourth-order valence-corrected chi connectivity index (χ4v) is 5.05. The average Bonchev–Trinajstić information content (AvgIpc) is 3.28. The van der Waals surface area contributed by atoms with Crippen molar-refractivity contribution in [2.45, 2.75) is 70.9 Å². The highest BCUT2D eigenvalue weighted by Crippen LogP contribution is 2.33. The van der Waals surface area contributed by atoms with E-state index in [1.165, 1.54) is 38.5 Å². The van der Waals surface area contributed by atoms with Crippen molar-refractivity contribution in [2.75, 3.05) is 26.4 Å². The van der Waals surface area contributed by atoms with Crippen LogP contribution in [-0.2, 0) is 11.3 Å². The van der Waals surface area contributed by atoms with Gasteiger partial charge in [-0.1, -0.05) is 38.7 Å². The molecule has 5 nitrogen and oxygen atoms in total. The smallest absolute Gasteiger partial charge is 0.231 e. The molecule has 2 heterocycles. The number of carbonyl (C=O) groups is 1. The fraction of sp³-hybridized carbons (Fsp3) is 0.696. The van der Waals surface area contributed by atoms with Crippen LogP contribution in [0, 0.1) is 5.92 Å². The SMILES string of the molecule is CCN1CCC[C@H]1CN(Cc1ccc2c(c1)OCO2)C(=O)C1CCCCCC1. The zero-order chi connectivity index (χ0) is 19.3. The van der Waals surface area contributed by atoms with E-state index in [0.717, 1.165) is 49.5 Å². The van der Waals surface area contributed by atoms with E-state index in [-0.39, 0.29) is 12.7 Å². The third-order valence-electron chi connectivity index (χ3n) is 6.66. The van der Waals surface area contributed by atoms with E-state index in [1.54, 1.807) is 0 Å². The first-order valence-electron chi connectivity index (χ1n) is 11.2. The van der Waals surface area contributed by atoms with Crippen LogP contribution in [0.4, 0.5) is 0 Å². The lowest BCUT2D eigenvalue weighted by molar-refractivity contribution is -0.137. The van der Waals surface area contributed by atoms with Gasteiger partial charge in [-0.15, -0.1) is 0 Å². The van der Waals surface area contributed by atoms with E-state index in [2.05, 4.69) is 22.8 Å². The molecule has 0 radical (unpaired) electrons. The molecule has 154 valence electrons. The first-order chi connectivity index (χ1) is 13.7. The molecule has 2 aliphatic heterocycles. The second-order valence-electron chi connectivity index (χ2n) is 8.52. The zero-order valence-corrected chi connectivity index (χ0v) is 17.2. The lowest BCUT2D eigenvalue weighted by Gasteiger charge is -2.32. The summed E-state index contributed by atoms with van der Waals surface area (Å²) in [6.07, 6.45) is 9.49. The molecule has 1 amide bonds. The number of nitrogens with zero attached hydrogens (tertiary/aromatic N) is 2. The molecule has 4 rings (SSSR count). The Balaban J connectivity index is 1.51. The molecule has 28 heavy (non-hydrogen) atoms. The lowest BCUT2D eigenvalue weighted by Crippen LogP contribution is -2.44. The third kappa shape index (κ3) is 4.45. The van der Waals surface area contributed by atoms with Crippen molar-refractivity contribution >= 4 is 5.91 Å². The predicted octanol–water partition coefficient (Wildman–Crippen LogP) is 4.20. The van der Waals surface area contributed by atoms with E-state index < -0.39 is 0 Å². The Bertz CT molecular complexity index is 670. The molecular formula is C23H34N2O3. The van der Waals surface area contributed by atoms with Crippen LogP contribution < -0.4 is 9.47 Å². The Kier molecular flexibility index (Phi) is 6.40. The number of amides is 1. The highest BCUT2D eigenvalue weighted by molar-refractivity contribution is 5.79. The summed E-state index contributed by atoms with van der Waals surface area (Å²) in [5.41, 5.74) is 1.13. The number of likely N-dealkylation sites (tertiary alicyclic amines) is 1. The van der Waals surface area contributed by atoms with Crippen molar-refractivity contribution < 1.29 is 14.3 Å². The number of ether oxygens (including phenoxy) is 2. The monoisotopic (exact) mass is 386 g/mol. The van der Waals surface area contributed by atoms with Crippen LogP contribution in [0.2, 0.25) is 0 Å². The summed E-state index contributed by atoms with van der Waals surface area (Å²) in [7, 11) is 0. The normalized spacial score (nSPS) is 23.0. The molecule has 0 bridgehead atoms. The van der Waals surface area contributed by atoms with Gasteiger partial charge >= 0.3 is 0 Å². The molecule has 0 unspecified atom stereocenters. The van der Waals surface area contributed by atoms with Gasteiger partial charge < -0.3 is 14.4 Å². The summed E-state index contributed by atoms with van der Waals surface area (Å²) in [5.74, 6) is 2.17. The number of carbonyl (C=O) groups excluding carboxylic acids is 1. The van der Waals surface area contributed by atoms with E-state index in [4.69, 9.17) is 9.47 Å². The molecule has 1 saturated carbocycles. The van der Waals surface area contributed by atoms with Crippen molar-refractivity contribution in [3.8, 4) is 11.5 Å². The topological polar surface area (TPSA) is 42.0 Å². The van der Waals surface area contributed by atoms with Gasteiger partial charge in [0.2, 0.25) is 12.7 Å². The Labute approximate surface area is 169 Å². The summed E-state index contributed by atoms with van der Waals surface area (Å²) in [5, 5.41) is 0. The van der Waals surface area contributed by atoms with Crippen molar-refractivity contribution in [3.63, 3.8) is 0 Å². The molecular weight excluding hydrogens is 352 g/mol. The number of hydrogen-bond acceptors (Lipinski definition) is 4. The molecule has 0 N–H and O–H groups in total. The summed E-state index contributed by atoms with van der Waals surface area (Å²) < 4.78 is 11.0. The van der Waals surface area contributed by atoms with E-state index >= 15 is 0 Å². The number of rotatable bonds is 6. The first kappa shape index (κ1) is 19.6. The Morgan fingerprint density at radius 3 is 2.64 bits per heavy atom. The molecule has 2 fully saturated rings. The minimum Gasteiger partial charge on any atom is -0.454 e. The van der Waals surface area contributed by atoms with Crippen molar-refractivity contribution in [1.82, 2.24) is 9.80 Å². The van der Waals surface area contributed by atoms with Gasteiger partial charge in [-0.25, -0.2) is 0 Å². The molecule has 0 aromatic heterocycles. The Morgan fingerprint density at radius 1 is 1.07 bits per heavy atom. The van der Waals surface area contributed by atoms with Crippen LogP contribution >= 0.6 is 0 Å². The highest BCUT2D eigenvalue weighted by Gasteiger charge is 2.31. The number of hydrogen-bond donors (Lipinski definition) is 0. The number of likely N-dealkylation sites (N-methyl/N-ethyl adjacent to an activating group) is 1. The zero-order valence-electron chi connectivity index (χ0n) is 17.2. The summed E-state index contributed by atoms with van der Waals surface area (Å²) in [4.78, 5) is 18.2. The molecule has 1 aromatic carbocycles. The molecule has 0 spiro atoms. The lowest BCUT2D eigenvalue weighted by atomic mass is 9.98. The van der Waals surface area contributed by atoms with Crippen LogP contribution in [0.1, 0.15) is 63.9 Å². The molecule has 1 aliphatic carbocycles. The van der Waals surface area contributed by atoms with Gasteiger partial charge in [0.1, 0.15) is 0 Å². The second-order valence-corrected chi connectivity index (χ2v) is 8.52. The maximum absolute atomic E-state index is 13.5. The van der Waals surface area contributed by atoms with Crippen LogP contribution in [0.3, 0.4) is 0 Å². The van der Waals surface area contributed by atoms with E-state index in [1.807, 2.05) is 12.1 Å². The van der Waals surface area contributed by atoms with Crippen LogP contribution in [-0.4, -0.2) is 48.2 Å². The Morgan fingerprint density at radius 2 is 1.86 bits per heavy atom. The van der Waals surface area contributed by atoms with Gasteiger partial charge in [0.25, 0.3) is 0 Å². The maximum atomic E-state index is 13.5. The minimum atomic E-state index is 0.202. The summed E-state index contributed by atoms with van der Waals surface area (Å²) >= 11 is 0. The number of fused-ring (bicyclic) bond motifs is 1. The first-order valence-corrected chi connectivity index (χ1v) is 11.2. The van der Waals surface area contributed by atoms with Crippen LogP contribution in [0.25, 0.3) is 0 Å². The largest absolute Gasteiger partial charge is 0.454 e. The van der Waals surface area contributed by atoms with Crippen LogP contribution in [0.5, 0.6) is 11.5 Å². The van der Waals surface area contributed by atoms with Gasteiger partial charge in [-0.3, -0.25) is 9.69 Å². The summed E-state index contributed by atoms with van der Waals surface area (Å²) in [6, 6.07) is 6.59. The molecule has 1 saturated heterocycles. The van der Waals surface area contributed by atoms with Crippen molar-refractivity contribution in [1.29, 1.82) is 0 Å². The van der Waals surface area contributed by atoms with Crippen molar-refractivity contribution in [2.24, 2.45) is 5.92 Å². The quantitative estimate of drug-likeness (QED) is 0.687. The Hall–Kier alpha value is -1.75. The fourth-order valence-electron chi connectivity index (χ4n) is 5.05. The summed E-state index contributed by atoms with van der Waals surface area (Å²) in [6.45, 7) is 6.26.